The Morgan fingerprint density at radius 1 is 0.957 bits per heavy atom. The van der Waals surface area contributed by atoms with Gasteiger partial charge in [-0.15, -0.1) is 0 Å². The number of hydrazone groups is 1. The van der Waals surface area contributed by atoms with Crippen LogP contribution in [-0.4, -0.2) is 17.9 Å². The Morgan fingerprint density at radius 3 is 2.39 bits per heavy atom. The highest BCUT2D eigenvalue weighted by atomic mass is 16.5. The van der Waals surface area contributed by atoms with Gasteiger partial charge >= 0.3 is 0 Å². The van der Waals surface area contributed by atoms with Crippen molar-refractivity contribution in [3.8, 4) is 11.4 Å². The Balaban J connectivity index is 1.83. The predicted molar refractivity (Wildman–Crippen MR) is 94.7 cm³/mol. The van der Waals surface area contributed by atoms with Crippen molar-refractivity contribution in [1.82, 2.24) is 4.57 Å². The largest absolute Gasteiger partial charge is 0.497 e. The summed E-state index contributed by atoms with van der Waals surface area (Å²) >= 11 is 0. The lowest BCUT2D eigenvalue weighted by Crippen LogP contribution is -2.02. The summed E-state index contributed by atoms with van der Waals surface area (Å²) in [6, 6.07) is 22.0. The van der Waals surface area contributed by atoms with E-state index in [2.05, 4.69) is 34.2 Å². The molecule has 0 aliphatic heterocycles. The van der Waals surface area contributed by atoms with E-state index in [0.29, 0.717) is 0 Å². The van der Waals surface area contributed by atoms with Gasteiger partial charge in [0.2, 0.25) is 0 Å². The maximum Gasteiger partial charge on any atom is 0.119 e. The summed E-state index contributed by atoms with van der Waals surface area (Å²) in [7, 11) is 1.67. The first-order valence-corrected chi connectivity index (χ1v) is 7.45. The minimum atomic E-state index is 0.847. The molecular formula is C19H19N3O. The van der Waals surface area contributed by atoms with Gasteiger partial charge in [-0.2, -0.15) is 5.10 Å². The summed E-state index contributed by atoms with van der Waals surface area (Å²) in [5.41, 5.74) is 7.23. The second kappa shape index (κ2) is 6.83. The molecule has 1 aromatic heterocycles. The van der Waals surface area contributed by atoms with Gasteiger partial charge in [-0.1, -0.05) is 18.2 Å². The molecule has 116 valence electrons. The molecule has 0 atom stereocenters. The van der Waals surface area contributed by atoms with Crippen molar-refractivity contribution in [1.29, 1.82) is 0 Å². The van der Waals surface area contributed by atoms with Crippen LogP contribution in [0.3, 0.4) is 0 Å². The lowest BCUT2D eigenvalue weighted by Gasteiger charge is -2.10. The van der Waals surface area contributed by atoms with Crippen LogP contribution in [0, 0.1) is 6.92 Å². The number of benzene rings is 2. The van der Waals surface area contributed by atoms with Gasteiger partial charge in [-0.3, -0.25) is 5.43 Å². The summed E-state index contributed by atoms with van der Waals surface area (Å²) in [5.74, 6) is 0.847. The van der Waals surface area contributed by atoms with E-state index in [1.165, 1.54) is 0 Å². The fraction of sp³-hybridized carbons (Fsp3) is 0.105. The SMILES string of the molecule is COc1ccc(-n2c(C)ccc2/C=N/Nc2ccccc2)cc1. The van der Waals surface area contributed by atoms with Crippen LogP contribution in [0.15, 0.2) is 71.8 Å². The van der Waals surface area contributed by atoms with Crippen LogP contribution >= 0.6 is 0 Å². The third-order valence-electron chi connectivity index (χ3n) is 3.60. The number of nitrogens with one attached hydrogen (secondary N) is 1. The van der Waals surface area contributed by atoms with Crippen LogP contribution in [0.1, 0.15) is 11.4 Å². The number of hydrogen-bond donors (Lipinski definition) is 1. The second-order valence-electron chi connectivity index (χ2n) is 5.17. The molecule has 1 N–H and O–H groups in total. The third kappa shape index (κ3) is 3.43. The number of aromatic nitrogens is 1. The van der Waals surface area contributed by atoms with Crippen LogP contribution in [0.4, 0.5) is 5.69 Å². The van der Waals surface area contributed by atoms with Gasteiger partial charge in [-0.05, 0) is 55.5 Å². The lowest BCUT2D eigenvalue weighted by atomic mass is 10.3. The molecule has 4 heteroatoms. The molecule has 0 saturated carbocycles. The van der Waals surface area contributed by atoms with E-state index in [1.807, 2.05) is 60.8 Å². The standard InChI is InChI=1S/C19H19N3O/c1-15-8-9-18(14-20-21-16-6-4-3-5-7-16)22(15)17-10-12-19(23-2)13-11-17/h3-14,21H,1-2H3/b20-14+. The molecule has 0 spiro atoms. The molecule has 23 heavy (non-hydrogen) atoms. The highest BCUT2D eigenvalue weighted by Crippen LogP contribution is 2.19. The Bertz CT molecular complexity index is 789. The normalized spacial score (nSPS) is 10.9. The Kier molecular flexibility index (Phi) is 4.43. The molecular weight excluding hydrogens is 286 g/mol. The van der Waals surface area contributed by atoms with Crippen LogP contribution < -0.4 is 10.2 Å². The molecule has 0 unspecified atom stereocenters. The zero-order valence-corrected chi connectivity index (χ0v) is 13.2. The first kappa shape index (κ1) is 14.9. The molecule has 3 rings (SSSR count). The summed E-state index contributed by atoms with van der Waals surface area (Å²) in [4.78, 5) is 0. The van der Waals surface area contributed by atoms with Crippen molar-refractivity contribution in [2.24, 2.45) is 5.10 Å². The lowest BCUT2D eigenvalue weighted by molar-refractivity contribution is 0.414. The molecule has 0 aliphatic rings. The molecule has 0 radical (unpaired) electrons. The number of aryl methyl sites for hydroxylation is 1. The maximum atomic E-state index is 5.22. The van der Waals surface area contributed by atoms with Gasteiger partial charge < -0.3 is 9.30 Å². The molecule has 0 amide bonds. The van der Waals surface area contributed by atoms with E-state index in [1.54, 1.807) is 7.11 Å². The smallest absolute Gasteiger partial charge is 0.119 e. The van der Waals surface area contributed by atoms with E-state index in [9.17, 15) is 0 Å². The van der Waals surface area contributed by atoms with E-state index in [0.717, 1.165) is 28.5 Å². The van der Waals surface area contributed by atoms with E-state index in [-0.39, 0.29) is 0 Å². The molecule has 0 fully saturated rings. The number of anilines is 1. The van der Waals surface area contributed by atoms with Gasteiger partial charge in [0.05, 0.1) is 24.7 Å². The highest BCUT2D eigenvalue weighted by Gasteiger charge is 2.05. The third-order valence-corrected chi connectivity index (χ3v) is 3.60. The summed E-state index contributed by atoms with van der Waals surface area (Å²) < 4.78 is 7.36. The minimum Gasteiger partial charge on any atom is -0.497 e. The predicted octanol–water partition coefficient (Wildman–Crippen LogP) is 4.24. The number of rotatable bonds is 5. The Morgan fingerprint density at radius 2 is 1.70 bits per heavy atom. The number of methoxy groups -OCH3 is 1. The van der Waals surface area contributed by atoms with E-state index in [4.69, 9.17) is 4.74 Å². The summed E-state index contributed by atoms with van der Waals surface area (Å²) in [6.07, 6.45) is 1.82. The fourth-order valence-electron chi connectivity index (χ4n) is 2.43. The van der Waals surface area contributed by atoms with Gasteiger partial charge in [-0.25, -0.2) is 0 Å². The molecule has 4 nitrogen and oxygen atoms in total. The topological polar surface area (TPSA) is 38.5 Å². The first-order chi connectivity index (χ1) is 11.3. The molecule has 2 aromatic carbocycles. The first-order valence-electron chi connectivity index (χ1n) is 7.45. The van der Waals surface area contributed by atoms with E-state index < -0.39 is 0 Å². The molecule has 0 bridgehead atoms. The fourth-order valence-corrected chi connectivity index (χ4v) is 2.43. The molecule has 1 heterocycles. The van der Waals surface area contributed by atoms with Gasteiger partial charge in [0.15, 0.2) is 0 Å². The average molecular weight is 305 g/mol. The number of para-hydroxylation sites is 1. The van der Waals surface area contributed by atoms with Crippen molar-refractivity contribution in [3.63, 3.8) is 0 Å². The second-order valence-corrected chi connectivity index (χ2v) is 5.17. The number of hydrogen-bond acceptors (Lipinski definition) is 3. The van der Waals surface area contributed by atoms with Crippen molar-refractivity contribution >= 4 is 11.9 Å². The van der Waals surface area contributed by atoms with Crippen LogP contribution in [0.5, 0.6) is 5.75 Å². The summed E-state index contributed by atoms with van der Waals surface area (Å²) in [6.45, 7) is 2.08. The van der Waals surface area contributed by atoms with Gasteiger partial charge in [0, 0.05) is 11.4 Å². The van der Waals surface area contributed by atoms with Crippen LogP contribution in [0.25, 0.3) is 5.69 Å². The zero-order valence-electron chi connectivity index (χ0n) is 13.2. The number of ether oxygens (including phenoxy) is 1. The van der Waals surface area contributed by atoms with Crippen molar-refractivity contribution in [3.05, 3.63) is 78.1 Å². The van der Waals surface area contributed by atoms with Crippen molar-refractivity contribution < 1.29 is 4.74 Å². The molecule has 3 aromatic rings. The minimum absolute atomic E-state index is 0.847. The monoisotopic (exact) mass is 305 g/mol. The quantitative estimate of drug-likeness (QED) is 0.565. The molecule has 0 aliphatic carbocycles. The van der Waals surface area contributed by atoms with Crippen LogP contribution in [0.2, 0.25) is 0 Å². The van der Waals surface area contributed by atoms with Gasteiger partial charge in [0.1, 0.15) is 5.75 Å². The average Bonchev–Trinajstić information content (AvgIpc) is 2.97. The zero-order chi connectivity index (χ0) is 16.1. The van der Waals surface area contributed by atoms with E-state index >= 15 is 0 Å². The molecule has 0 saturated heterocycles. The highest BCUT2D eigenvalue weighted by molar-refractivity contribution is 5.79. The number of nitrogens with zero attached hydrogens (tertiary/aromatic N) is 2. The maximum absolute atomic E-state index is 5.22. The van der Waals surface area contributed by atoms with Crippen LogP contribution in [-0.2, 0) is 0 Å². The van der Waals surface area contributed by atoms with Crippen molar-refractivity contribution in [2.75, 3.05) is 12.5 Å². The Hall–Kier alpha value is -3.01. The van der Waals surface area contributed by atoms with Gasteiger partial charge in [0.25, 0.3) is 0 Å². The summed E-state index contributed by atoms with van der Waals surface area (Å²) in [5, 5.41) is 4.32. The van der Waals surface area contributed by atoms with Crippen molar-refractivity contribution in [2.45, 2.75) is 6.92 Å². The Labute approximate surface area is 136 Å².